The molecule has 4 nitrogen and oxygen atoms in total. The first-order chi connectivity index (χ1) is 9.16. The molecule has 1 aromatic heterocycles. The Hall–Kier alpha value is -1.81. The summed E-state index contributed by atoms with van der Waals surface area (Å²) in [5.41, 5.74) is 3.35. The fraction of sp³-hybridized carbons (Fsp3) is 0.286. The first-order valence-corrected chi connectivity index (χ1v) is 6.63. The largest absolute Gasteiger partial charge is 0.478 e. The molecule has 0 radical (unpaired) electrons. The van der Waals surface area contributed by atoms with Gasteiger partial charge in [0.2, 0.25) is 0 Å². The van der Waals surface area contributed by atoms with E-state index in [-0.39, 0.29) is 10.6 Å². The zero-order chi connectivity index (χ0) is 13.4. The first-order valence-electron chi connectivity index (χ1n) is 6.25. The molecule has 1 aliphatic rings. The second-order valence-corrected chi connectivity index (χ2v) is 5.09. The molecule has 1 aliphatic carbocycles. The van der Waals surface area contributed by atoms with E-state index >= 15 is 0 Å². The van der Waals surface area contributed by atoms with Gasteiger partial charge in [0, 0.05) is 11.4 Å². The third-order valence-corrected chi connectivity index (χ3v) is 3.80. The average Bonchev–Trinajstić information content (AvgIpc) is 2.82. The smallest absolute Gasteiger partial charge is 0.337 e. The molecule has 98 valence electrons. The minimum Gasteiger partial charge on any atom is -0.478 e. The van der Waals surface area contributed by atoms with Crippen molar-refractivity contribution in [3.8, 4) is 5.69 Å². The van der Waals surface area contributed by atoms with Crippen molar-refractivity contribution < 1.29 is 9.90 Å². The molecule has 5 heteroatoms. The predicted molar refractivity (Wildman–Crippen MR) is 72.2 cm³/mol. The van der Waals surface area contributed by atoms with Crippen LogP contribution in [0.15, 0.2) is 24.5 Å². The highest BCUT2D eigenvalue weighted by Crippen LogP contribution is 2.26. The molecule has 0 amide bonds. The van der Waals surface area contributed by atoms with Gasteiger partial charge in [-0.3, -0.25) is 0 Å². The third kappa shape index (κ3) is 2.12. The van der Waals surface area contributed by atoms with E-state index in [0.717, 1.165) is 24.2 Å². The quantitative estimate of drug-likeness (QED) is 0.917. The first kappa shape index (κ1) is 12.2. The minimum absolute atomic E-state index is 0.124. The van der Waals surface area contributed by atoms with Crippen LogP contribution in [0.25, 0.3) is 5.69 Å². The highest BCUT2D eigenvalue weighted by Gasteiger charge is 2.17. The van der Waals surface area contributed by atoms with Gasteiger partial charge in [-0.1, -0.05) is 11.6 Å². The van der Waals surface area contributed by atoms with Crippen LogP contribution in [0.5, 0.6) is 0 Å². The topological polar surface area (TPSA) is 55.1 Å². The highest BCUT2D eigenvalue weighted by molar-refractivity contribution is 6.33. The lowest BCUT2D eigenvalue weighted by Gasteiger charge is -2.14. The molecule has 0 saturated heterocycles. The normalized spacial score (nSPS) is 14.2. The fourth-order valence-electron chi connectivity index (χ4n) is 2.52. The van der Waals surface area contributed by atoms with Gasteiger partial charge in [-0.05, 0) is 43.9 Å². The molecule has 1 heterocycles. The molecule has 0 aliphatic heterocycles. The van der Waals surface area contributed by atoms with Crippen LogP contribution in [-0.2, 0) is 12.8 Å². The maximum absolute atomic E-state index is 10.9. The zero-order valence-corrected chi connectivity index (χ0v) is 11.0. The van der Waals surface area contributed by atoms with Crippen molar-refractivity contribution in [2.45, 2.75) is 25.7 Å². The zero-order valence-electron chi connectivity index (χ0n) is 10.3. The lowest BCUT2D eigenvalue weighted by atomic mass is 10.0. The van der Waals surface area contributed by atoms with Crippen molar-refractivity contribution in [1.82, 2.24) is 9.55 Å². The maximum Gasteiger partial charge on any atom is 0.337 e. The summed E-state index contributed by atoms with van der Waals surface area (Å²) in [6.45, 7) is 0. The van der Waals surface area contributed by atoms with Crippen molar-refractivity contribution in [3.63, 3.8) is 0 Å². The molecule has 0 fully saturated rings. The van der Waals surface area contributed by atoms with Gasteiger partial charge in [-0.2, -0.15) is 0 Å². The number of halogens is 1. The standard InChI is InChI=1S/C14H13ClN2O2/c15-11-7-9(5-6-10(11)14(18)19)17-8-16-12-3-1-2-4-13(12)17/h5-8H,1-4H2,(H,18,19). The van der Waals surface area contributed by atoms with E-state index in [0.29, 0.717) is 0 Å². The number of imidazole rings is 1. The molecule has 0 unspecified atom stereocenters. The summed E-state index contributed by atoms with van der Waals surface area (Å²) in [5, 5.41) is 9.23. The number of rotatable bonds is 2. The molecular formula is C14H13ClN2O2. The van der Waals surface area contributed by atoms with Gasteiger partial charge in [0.25, 0.3) is 0 Å². The van der Waals surface area contributed by atoms with E-state index in [9.17, 15) is 4.79 Å². The van der Waals surface area contributed by atoms with E-state index in [1.807, 2.05) is 4.57 Å². The molecule has 0 bridgehead atoms. The van der Waals surface area contributed by atoms with Gasteiger partial charge in [-0.25, -0.2) is 9.78 Å². The number of carbonyl (C=O) groups is 1. The van der Waals surface area contributed by atoms with Gasteiger partial charge < -0.3 is 9.67 Å². The Balaban J connectivity index is 2.05. The summed E-state index contributed by atoms with van der Waals surface area (Å²) < 4.78 is 2.01. The van der Waals surface area contributed by atoms with Crippen LogP contribution < -0.4 is 0 Å². The van der Waals surface area contributed by atoms with Crippen molar-refractivity contribution in [2.75, 3.05) is 0 Å². The summed E-state index contributed by atoms with van der Waals surface area (Å²) in [5.74, 6) is -1.01. The van der Waals surface area contributed by atoms with Crippen LogP contribution in [0.3, 0.4) is 0 Å². The van der Waals surface area contributed by atoms with Crippen molar-refractivity contribution in [3.05, 3.63) is 46.5 Å². The Bertz CT molecular complexity index is 649. The summed E-state index contributed by atoms with van der Waals surface area (Å²) in [6, 6.07) is 4.99. The van der Waals surface area contributed by atoms with Crippen molar-refractivity contribution >= 4 is 17.6 Å². The molecule has 1 N–H and O–H groups in total. The van der Waals surface area contributed by atoms with E-state index < -0.39 is 5.97 Å². The Morgan fingerprint density at radius 1 is 1.32 bits per heavy atom. The number of aromatic nitrogens is 2. The number of aromatic carboxylic acids is 1. The van der Waals surface area contributed by atoms with Gasteiger partial charge in [0.15, 0.2) is 0 Å². The second-order valence-electron chi connectivity index (χ2n) is 4.68. The molecular weight excluding hydrogens is 264 g/mol. The molecule has 2 aromatic rings. The van der Waals surface area contributed by atoms with E-state index in [1.54, 1.807) is 18.5 Å². The predicted octanol–water partition coefficient (Wildman–Crippen LogP) is 3.10. The maximum atomic E-state index is 10.9. The van der Waals surface area contributed by atoms with Gasteiger partial charge >= 0.3 is 5.97 Å². The van der Waals surface area contributed by atoms with Crippen LogP contribution in [0.2, 0.25) is 5.02 Å². The number of nitrogens with zero attached hydrogens (tertiary/aromatic N) is 2. The summed E-state index contributed by atoms with van der Waals surface area (Å²) in [4.78, 5) is 15.4. The number of carboxylic acid groups (broad SMARTS) is 1. The van der Waals surface area contributed by atoms with Gasteiger partial charge in [0.05, 0.1) is 22.6 Å². The fourth-order valence-corrected chi connectivity index (χ4v) is 2.77. The Labute approximate surface area is 115 Å². The SMILES string of the molecule is O=C(O)c1ccc(-n2cnc3c2CCCC3)cc1Cl. The summed E-state index contributed by atoms with van der Waals surface area (Å²) in [6.07, 6.45) is 6.17. The number of carboxylic acids is 1. The van der Waals surface area contributed by atoms with Gasteiger partial charge in [-0.15, -0.1) is 0 Å². The molecule has 1 aromatic carbocycles. The van der Waals surface area contributed by atoms with Crippen molar-refractivity contribution in [1.29, 1.82) is 0 Å². The van der Waals surface area contributed by atoms with Crippen LogP contribution in [-0.4, -0.2) is 20.6 Å². The van der Waals surface area contributed by atoms with E-state index in [1.165, 1.54) is 24.6 Å². The van der Waals surface area contributed by atoms with Crippen LogP contribution in [0.1, 0.15) is 34.6 Å². The number of hydrogen-bond donors (Lipinski definition) is 1. The molecule has 0 atom stereocenters. The molecule has 0 spiro atoms. The van der Waals surface area contributed by atoms with Crippen molar-refractivity contribution in [2.24, 2.45) is 0 Å². The minimum atomic E-state index is -1.01. The van der Waals surface area contributed by atoms with Crippen LogP contribution >= 0.6 is 11.6 Å². The number of benzene rings is 1. The Morgan fingerprint density at radius 3 is 2.84 bits per heavy atom. The average molecular weight is 277 g/mol. The third-order valence-electron chi connectivity index (χ3n) is 3.49. The number of hydrogen-bond acceptors (Lipinski definition) is 2. The lowest BCUT2D eigenvalue weighted by molar-refractivity contribution is 0.0697. The molecule has 0 saturated carbocycles. The lowest BCUT2D eigenvalue weighted by Crippen LogP contribution is -2.07. The second kappa shape index (κ2) is 4.70. The summed E-state index contributed by atoms with van der Waals surface area (Å²) >= 11 is 6.01. The van der Waals surface area contributed by atoms with Crippen LogP contribution in [0.4, 0.5) is 0 Å². The summed E-state index contributed by atoms with van der Waals surface area (Å²) in [7, 11) is 0. The van der Waals surface area contributed by atoms with E-state index in [2.05, 4.69) is 4.98 Å². The molecule has 3 rings (SSSR count). The Morgan fingerprint density at radius 2 is 2.11 bits per heavy atom. The van der Waals surface area contributed by atoms with Gasteiger partial charge in [0.1, 0.15) is 0 Å². The van der Waals surface area contributed by atoms with Crippen LogP contribution in [0, 0.1) is 0 Å². The number of fused-ring (bicyclic) bond motifs is 1. The molecule has 19 heavy (non-hydrogen) atoms. The Kier molecular flexibility index (Phi) is 3.03. The monoisotopic (exact) mass is 276 g/mol. The highest BCUT2D eigenvalue weighted by atomic mass is 35.5. The number of aryl methyl sites for hydroxylation is 1. The van der Waals surface area contributed by atoms with E-state index in [4.69, 9.17) is 16.7 Å².